The molecular formula is C18H23BrN6O. The van der Waals surface area contributed by atoms with E-state index in [9.17, 15) is 0 Å². The highest BCUT2D eigenvalue weighted by atomic mass is 79.9. The van der Waals surface area contributed by atoms with Gasteiger partial charge in [0.1, 0.15) is 0 Å². The number of benzene rings is 1. The van der Waals surface area contributed by atoms with Crippen molar-refractivity contribution in [1.82, 2.24) is 29.8 Å². The number of hydrogen-bond acceptors (Lipinski definition) is 6. The Bertz CT molecular complexity index is 910. The van der Waals surface area contributed by atoms with E-state index < -0.39 is 0 Å². The Kier molecular flexibility index (Phi) is 4.81. The molecule has 2 aromatic heterocycles. The number of fused-ring (bicyclic) bond motifs is 1. The highest BCUT2D eigenvalue weighted by Gasteiger charge is 2.21. The van der Waals surface area contributed by atoms with Crippen molar-refractivity contribution < 1.29 is 4.42 Å². The molecule has 0 spiro atoms. The summed E-state index contributed by atoms with van der Waals surface area (Å²) in [5.41, 5.74) is 1.93. The van der Waals surface area contributed by atoms with Crippen LogP contribution in [0.2, 0.25) is 0 Å². The molecule has 1 aliphatic rings. The van der Waals surface area contributed by atoms with Crippen molar-refractivity contribution in [3.05, 3.63) is 28.7 Å². The van der Waals surface area contributed by atoms with E-state index in [4.69, 9.17) is 4.42 Å². The van der Waals surface area contributed by atoms with Crippen LogP contribution in [0, 0.1) is 0 Å². The smallest absolute Gasteiger partial charge is 0.248 e. The Labute approximate surface area is 161 Å². The third-order valence-corrected chi connectivity index (χ3v) is 5.48. The van der Waals surface area contributed by atoms with Gasteiger partial charge in [0, 0.05) is 49.1 Å². The van der Waals surface area contributed by atoms with Gasteiger partial charge in [-0.05, 0) is 26.0 Å². The minimum Gasteiger partial charge on any atom is -0.419 e. The van der Waals surface area contributed by atoms with E-state index in [1.807, 2.05) is 30.1 Å². The van der Waals surface area contributed by atoms with Gasteiger partial charge in [0.25, 0.3) is 0 Å². The van der Waals surface area contributed by atoms with E-state index in [1.165, 1.54) is 0 Å². The van der Waals surface area contributed by atoms with Gasteiger partial charge in [0.15, 0.2) is 0 Å². The lowest BCUT2D eigenvalue weighted by atomic mass is 10.1. The molecule has 1 saturated heterocycles. The standard InChI is InChI=1S/C18H23BrN6O/c1-12(2)25-6-4-24(5-7-25)11-17-21-22-18(26-17)14-8-13(19)9-16-15(14)10-20-23(16)3/h8-10,12H,4-7,11H2,1-3H3. The van der Waals surface area contributed by atoms with Crippen LogP contribution in [0.3, 0.4) is 0 Å². The van der Waals surface area contributed by atoms with Crippen molar-refractivity contribution in [3.63, 3.8) is 0 Å². The van der Waals surface area contributed by atoms with Gasteiger partial charge in [0.2, 0.25) is 11.8 Å². The maximum Gasteiger partial charge on any atom is 0.248 e. The zero-order valence-corrected chi connectivity index (χ0v) is 16.9. The molecule has 7 nitrogen and oxygen atoms in total. The van der Waals surface area contributed by atoms with Crippen LogP contribution >= 0.6 is 15.9 Å². The van der Waals surface area contributed by atoms with Gasteiger partial charge < -0.3 is 4.42 Å². The molecule has 0 amide bonds. The fraction of sp³-hybridized carbons (Fsp3) is 0.500. The Balaban J connectivity index is 1.52. The van der Waals surface area contributed by atoms with Crippen molar-refractivity contribution in [1.29, 1.82) is 0 Å². The zero-order valence-electron chi connectivity index (χ0n) is 15.3. The van der Waals surface area contributed by atoms with Crippen molar-refractivity contribution in [2.24, 2.45) is 7.05 Å². The predicted octanol–water partition coefficient (Wildman–Crippen LogP) is 2.91. The number of halogens is 1. The maximum absolute atomic E-state index is 5.98. The minimum absolute atomic E-state index is 0.542. The van der Waals surface area contributed by atoms with E-state index >= 15 is 0 Å². The molecule has 0 aliphatic carbocycles. The summed E-state index contributed by atoms with van der Waals surface area (Å²) >= 11 is 3.56. The van der Waals surface area contributed by atoms with Crippen LogP contribution in [-0.4, -0.2) is 62.0 Å². The third-order valence-electron chi connectivity index (χ3n) is 5.02. The third kappa shape index (κ3) is 3.41. The zero-order chi connectivity index (χ0) is 18.3. The lowest BCUT2D eigenvalue weighted by Gasteiger charge is -2.36. The quantitative estimate of drug-likeness (QED) is 0.648. The SMILES string of the molecule is CC(C)N1CCN(Cc2nnc(-c3cc(Br)cc4c3cnn4C)o2)CC1. The number of aryl methyl sites for hydroxylation is 1. The predicted molar refractivity (Wildman–Crippen MR) is 104 cm³/mol. The van der Waals surface area contributed by atoms with Crippen molar-refractivity contribution in [3.8, 4) is 11.5 Å². The largest absolute Gasteiger partial charge is 0.419 e. The van der Waals surface area contributed by atoms with Gasteiger partial charge in [-0.3, -0.25) is 14.5 Å². The molecule has 1 fully saturated rings. The molecule has 3 aromatic rings. The number of rotatable bonds is 4. The Morgan fingerprint density at radius 3 is 2.65 bits per heavy atom. The highest BCUT2D eigenvalue weighted by Crippen LogP contribution is 2.31. The molecule has 1 aliphatic heterocycles. The van der Waals surface area contributed by atoms with Crippen LogP contribution in [0.15, 0.2) is 27.2 Å². The molecule has 138 valence electrons. The summed E-state index contributed by atoms with van der Waals surface area (Å²) in [5.74, 6) is 1.20. The first-order chi connectivity index (χ1) is 12.5. The molecule has 0 unspecified atom stereocenters. The van der Waals surface area contributed by atoms with E-state index in [1.54, 1.807) is 0 Å². The summed E-state index contributed by atoms with van der Waals surface area (Å²) in [4.78, 5) is 4.87. The van der Waals surface area contributed by atoms with Gasteiger partial charge in [-0.25, -0.2) is 0 Å². The summed E-state index contributed by atoms with van der Waals surface area (Å²) in [6.45, 7) is 9.41. The molecule has 0 N–H and O–H groups in total. The summed E-state index contributed by atoms with van der Waals surface area (Å²) in [7, 11) is 1.93. The fourth-order valence-electron chi connectivity index (χ4n) is 3.45. The number of aromatic nitrogens is 4. The Morgan fingerprint density at radius 2 is 1.92 bits per heavy atom. The first-order valence-corrected chi connectivity index (χ1v) is 9.71. The lowest BCUT2D eigenvalue weighted by molar-refractivity contribution is 0.0979. The molecule has 0 bridgehead atoms. The monoisotopic (exact) mass is 418 g/mol. The first kappa shape index (κ1) is 17.6. The lowest BCUT2D eigenvalue weighted by Crippen LogP contribution is -2.48. The Morgan fingerprint density at radius 1 is 1.15 bits per heavy atom. The average molecular weight is 419 g/mol. The summed E-state index contributed by atoms with van der Waals surface area (Å²) in [6, 6.07) is 4.64. The van der Waals surface area contributed by atoms with Crippen molar-refractivity contribution >= 4 is 26.8 Å². The van der Waals surface area contributed by atoms with Gasteiger partial charge in [-0.2, -0.15) is 5.10 Å². The van der Waals surface area contributed by atoms with Gasteiger partial charge >= 0.3 is 0 Å². The molecule has 0 atom stereocenters. The molecule has 1 aromatic carbocycles. The van der Waals surface area contributed by atoms with E-state index in [2.05, 4.69) is 54.9 Å². The molecule has 3 heterocycles. The van der Waals surface area contributed by atoms with E-state index in [0.717, 1.165) is 47.1 Å². The average Bonchev–Trinajstić information content (AvgIpc) is 3.22. The molecular weight excluding hydrogens is 396 g/mol. The number of hydrogen-bond donors (Lipinski definition) is 0. The highest BCUT2D eigenvalue weighted by molar-refractivity contribution is 9.10. The molecule has 26 heavy (non-hydrogen) atoms. The maximum atomic E-state index is 5.98. The number of piperazine rings is 1. The van der Waals surface area contributed by atoms with E-state index in [-0.39, 0.29) is 0 Å². The van der Waals surface area contributed by atoms with Crippen molar-refractivity contribution in [2.45, 2.75) is 26.4 Å². The first-order valence-electron chi connectivity index (χ1n) is 8.91. The summed E-state index contributed by atoms with van der Waals surface area (Å²) < 4.78 is 8.79. The molecule has 0 radical (unpaired) electrons. The van der Waals surface area contributed by atoms with Crippen LogP contribution in [0.4, 0.5) is 0 Å². The normalized spacial score (nSPS) is 16.8. The van der Waals surface area contributed by atoms with Crippen LogP contribution in [0.5, 0.6) is 0 Å². The van der Waals surface area contributed by atoms with Crippen LogP contribution in [0.25, 0.3) is 22.4 Å². The molecule has 4 rings (SSSR count). The summed E-state index contributed by atoms with van der Waals surface area (Å²) in [6.07, 6.45) is 1.84. The van der Waals surface area contributed by atoms with Gasteiger partial charge in [-0.15, -0.1) is 10.2 Å². The van der Waals surface area contributed by atoms with Crippen molar-refractivity contribution in [2.75, 3.05) is 26.2 Å². The topological polar surface area (TPSA) is 63.2 Å². The van der Waals surface area contributed by atoms with Gasteiger partial charge in [-0.1, -0.05) is 15.9 Å². The molecule has 0 saturated carbocycles. The van der Waals surface area contributed by atoms with Gasteiger partial charge in [0.05, 0.1) is 23.8 Å². The number of nitrogens with zero attached hydrogens (tertiary/aromatic N) is 6. The second kappa shape index (κ2) is 7.09. The minimum atomic E-state index is 0.542. The second-order valence-corrected chi connectivity index (χ2v) is 7.98. The Hall–Kier alpha value is -1.77. The summed E-state index contributed by atoms with van der Waals surface area (Å²) in [5, 5.41) is 13.9. The van der Waals surface area contributed by atoms with Crippen LogP contribution < -0.4 is 0 Å². The fourth-order valence-corrected chi connectivity index (χ4v) is 3.89. The molecule has 8 heteroatoms. The van der Waals surface area contributed by atoms with Crippen LogP contribution in [-0.2, 0) is 13.6 Å². The van der Waals surface area contributed by atoms with Crippen LogP contribution in [0.1, 0.15) is 19.7 Å². The second-order valence-electron chi connectivity index (χ2n) is 7.06. The van der Waals surface area contributed by atoms with E-state index in [0.29, 0.717) is 24.4 Å².